The van der Waals surface area contributed by atoms with Gasteiger partial charge in [-0.15, -0.1) is 0 Å². The molecule has 7 heteroatoms. The van der Waals surface area contributed by atoms with Crippen LogP contribution in [0, 0.1) is 23.4 Å². The van der Waals surface area contributed by atoms with Gasteiger partial charge in [0.2, 0.25) is 0 Å². The molecule has 0 bridgehead atoms. The molecular formula is C18H17F3N2O2. The number of rotatable bonds is 4. The van der Waals surface area contributed by atoms with Crippen LogP contribution in [0.25, 0.3) is 11.1 Å². The fourth-order valence-electron chi connectivity index (χ4n) is 2.79. The van der Waals surface area contributed by atoms with Crippen molar-refractivity contribution in [3.8, 4) is 11.1 Å². The van der Waals surface area contributed by atoms with Gasteiger partial charge < -0.3 is 15.7 Å². The first-order chi connectivity index (χ1) is 12.0. The molecule has 132 valence electrons. The maximum atomic E-state index is 13.3. The largest absolute Gasteiger partial charge is 0.391 e. The highest BCUT2D eigenvalue weighted by molar-refractivity contribution is 5.94. The molecule has 2 atom stereocenters. The van der Waals surface area contributed by atoms with E-state index in [0.717, 1.165) is 12.1 Å². The summed E-state index contributed by atoms with van der Waals surface area (Å²) in [4.78, 5) is 12.1. The standard InChI is InChI=1S/C18H17F3N2O2/c19-14-5-12(6-15(20)17(14)21)10-1-3-11(4-2-10)18(25)23-8-13-7-22-9-16(13)24/h1-6,13,16,22,24H,7-9H2,(H,23,25). The van der Waals surface area contributed by atoms with Crippen molar-refractivity contribution in [1.29, 1.82) is 0 Å². The fourth-order valence-corrected chi connectivity index (χ4v) is 2.79. The summed E-state index contributed by atoms with van der Waals surface area (Å²) in [5, 5.41) is 15.5. The van der Waals surface area contributed by atoms with Crippen LogP contribution in [-0.2, 0) is 0 Å². The third kappa shape index (κ3) is 3.83. The fraction of sp³-hybridized carbons (Fsp3) is 0.278. The van der Waals surface area contributed by atoms with E-state index in [1.54, 1.807) is 0 Å². The summed E-state index contributed by atoms with van der Waals surface area (Å²) >= 11 is 0. The van der Waals surface area contributed by atoms with Crippen LogP contribution < -0.4 is 10.6 Å². The molecule has 1 fully saturated rings. The molecule has 4 nitrogen and oxygen atoms in total. The average Bonchev–Trinajstić information content (AvgIpc) is 3.02. The summed E-state index contributed by atoms with van der Waals surface area (Å²) in [5.74, 6) is -4.38. The number of nitrogens with one attached hydrogen (secondary N) is 2. The van der Waals surface area contributed by atoms with E-state index in [4.69, 9.17) is 0 Å². The molecule has 2 aromatic carbocycles. The highest BCUT2D eigenvalue weighted by atomic mass is 19.2. The van der Waals surface area contributed by atoms with E-state index in [9.17, 15) is 23.1 Å². The van der Waals surface area contributed by atoms with Crippen LogP contribution in [-0.4, -0.2) is 36.8 Å². The molecule has 0 aromatic heterocycles. The van der Waals surface area contributed by atoms with Crippen molar-refractivity contribution in [3.05, 3.63) is 59.4 Å². The third-order valence-electron chi connectivity index (χ3n) is 4.29. The second kappa shape index (κ2) is 7.25. The Labute approximate surface area is 142 Å². The number of carbonyl (C=O) groups excluding carboxylic acids is 1. The predicted octanol–water partition coefficient (Wildman–Crippen LogP) is 2.08. The third-order valence-corrected chi connectivity index (χ3v) is 4.29. The quantitative estimate of drug-likeness (QED) is 0.740. The number of amides is 1. The Hall–Kier alpha value is -2.38. The summed E-state index contributed by atoms with van der Waals surface area (Å²) in [6, 6.07) is 7.92. The van der Waals surface area contributed by atoms with Gasteiger partial charge >= 0.3 is 0 Å². The first-order valence-corrected chi connectivity index (χ1v) is 7.87. The number of hydrogen-bond donors (Lipinski definition) is 3. The van der Waals surface area contributed by atoms with Crippen LogP contribution in [0.1, 0.15) is 10.4 Å². The maximum absolute atomic E-state index is 13.3. The lowest BCUT2D eigenvalue weighted by atomic mass is 10.0. The molecule has 3 N–H and O–H groups in total. The van der Waals surface area contributed by atoms with Crippen LogP contribution in [0.2, 0.25) is 0 Å². The molecule has 0 spiro atoms. The minimum absolute atomic E-state index is 0.0339. The van der Waals surface area contributed by atoms with Crippen LogP contribution in [0.3, 0.4) is 0 Å². The number of carbonyl (C=O) groups is 1. The molecule has 0 saturated carbocycles. The van der Waals surface area contributed by atoms with Gasteiger partial charge in [0.25, 0.3) is 5.91 Å². The molecule has 2 aromatic rings. The van der Waals surface area contributed by atoms with Crippen molar-refractivity contribution in [3.63, 3.8) is 0 Å². The van der Waals surface area contributed by atoms with E-state index in [0.29, 0.717) is 30.8 Å². The molecule has 25 heavy (non-hydrogen) atoms. The lowest BCUT2D eigenvalue weighted by Crippen LogP contribution is -2.34. The van der Waals surface area contributed by atoms with E-state index in [2.05, 4.69) is 10.6 Å². The Bertz CT molecular complexity index is 757. The Kier molecular flexibility index (Phi) is 5.06. The molecule has 1 amide bonds. The minimum Gasteiger partial charge on any atom is -0.391 e. The van der Waals surface area contributed by atoms with Gasteiger partial charge in [-0.3, -0.25) is 4.79 Å². The first-order valence-electron chi connectivity index (χ1n) is 7.87. The second-order valence-electron chi connectivity index (χ2n) is 6.03. The zero-order valence-electron chi connectivity index (χ0n) is 13.2. The molecule has 2 unspecified atom stereocenters. The zero-order valence-corrected chi connectivity index (χ0v) is 13.2. The summed E-state index contributed by atoms with van der Waals surface area (Å²) in [6.45, 7) is 1.51. The topological polar surface area (TPSA) is 61.4 Å². The van der Waals surface area contributed by atoms with Crippen molar-refractivity contribution in [2.24, 2.45) is 5.92 Å². The van der Waals surface area contributed by atoms with Gasteiger partial charge in [0.05, 0.1) is 6.10 Å². The van der Waals surface area contributed by atoms with Gasteiger partial charge in [0.15, 0.2) is 17.5 Å². The average molecular weight is 350 g/mol. The molecule has 0 radical (unpaired) electrons. The first kappa shape index (κ1) is 17.4. The normalized spacial score (nSPS) is 19.8. The molecule has 0 aliphatic carbocycles. The van der Waals surface area contributed by atoms with Crippen molar-refractivity contribution in [2.45, 2.75) is 6.10 Å². The number of hydrogen-bond acceptors (Lipinski definition) is 3. The van der Waals surface area contributed by atoms with Crippen LogP contribution in [0.5, 0.6) is 0 Å². The number of β-amino-alcohol motifs (C(OH)–C–C–N with tert-alkyl or cyclic N) is 1. The lowest BCUT2D eigenvalue weighted by molar-refractivity contribution is 0.0927. The smallest absolute Gasteiger partial charge is 0.251 e. The van der Waals surface area contributed by atoms with Crippen molar-refractivity contribution < 1.29 is 23.1 Å². The maximum Gasteiger partial charge on any atom is 0.251 e. The molecule has 1 aliphatic heterocycles. The predicted molar refractivity (Wildman–Crippen MR) is 86.5 cm³/mol. The Morgan fingerprint density at radius 3 is 2.28 bits per heavy atom. The van der Waals surface area contributed by atoms with E-state index < -0.39 is 23.6 Å². The Morgan fingerprint density at radius 1 is 1.08 bits per heavy atom. The summed E-state index contributed by atoms with van der Waals surface area (Å²) in [6.07, 6.45) is -0.481. The van der Waals surface area contributed by atoms with Gasteiger partial charge in [-0.1, -0.05) is 12.1 Å². The molecule has 3 rings (SSSR count). The number of aliphatic hydroxyl groups excluding tert-OH is 1. The molecule has 1 aliphatic rings. The van der Waals surface area contributed by atoms with Gasteiger partial charge in [-0.25, -0.2) is 13.2 Å². The number of halogens is 3. The van der Waals surface area contributed by atoms with Gasteiger partial charge in [0.1, 0.15) is 0 Å². The highest BCUT2D eigenvalue weighted by Gasteiger charge is 2.25. The highest BCUT2D eigenvalue weighted by Crippen LogP contribution is 2.24. The van der Waals surface area contributed by atoms with Crippen molar-refractivity contribution in [2.75, 3.05) is 19.6 Å². The Morgan fingerprint density at radius 2 is 1.72 bits per heavy atom. The van der Waals surface area contributed by atoms with E-state index in [-0.39, 0.29) is 17.4 Å². The summed E-state index contributed by atoms with van der Waals surface area (Å²) in [5.41, 5.74) is 1.03. The monoisotopic (exact) mass is 350 g/mol. The zero-order chi connectivity index (χ0) is 18.0. The Balaban J connectivity index is 1.68. The SMILES string of the molecule is O=C(NCC1CNCC1O)c1ccc(-c2cc(F)c(F)c(F)c2)cc1. The van der Waals surface area contributed by atoms with Gasteiger partial charge in [-0.05, 0) is 35.4 Å². The summed E-state index contributed by atoms with van der Waals surface area (Å²) < 4.78 is 39.6. The van der Waals surface area contributed by atoms with Crippen molar-refractivity contribution in [1.82, 2.24) is 10.6 Å². The molecule has 1 saturated heterocycles. The van der Waals surface area contributed by atoms with Gasteiger partial charge in [-0.2, -0.15) is 0 Å². The van der Waals surface area contributed by atoms with E-state index in [1.807, 2.05) is 0 Å². The lowest BCUT2D eigenvalue weighted by Gasteiger charge is -2.14. The molecule has 1 heterocycles. The number of aliphatic hydroxyl groups is 1. The van der Waals surface area contributed by atoms with E-state index >= 15 is 0 Å². The van der Waals surface area contributed by atoms with Crippen LogP contribution in [0.15, 0.2) is 36.4 Å². The van der Waals surface area contributed by atoms with Crippen molar-refractivity contribution >= 4 is 5.91 Å². The van der Waals surface area contributed by atoms with Crippen LogP contribution in [0.4, 0.5) is 13.2 Å². The molecular weight excluding hydrogens is 333 g/mol. The second-order valence-corrected chi connectivity index (χ2v) is 6.03. The van der Waals surface area contributed by atoms with E-state index in [1.165, 1.54) is 24.3 Å². The van der Waals surface area contributed by atoms with Crippen LogP contribution >= 0.6 is 0 Å². The van der Waals surface area contributed by atoms with Gasteiger partial charge in [0, 0.05) is 31.1 Å². The number of benzene rings is 2. The minimum atomic E-state index is -1.51. The summed E-state index contributed by atoms with van der Waals surface area (Å²) in [7, 11) is 0.